The zero-order valence-corrected chi connectivity index (χ0v) is 16.1. The average Bonchev–Trinajstić information content (AvgIpc) is 3.08. The standard InChI is InChI=1S/C20H19F3N4O2/c1-13-18(24-25-27(13)15-8-10-16(29-3)11-9-15)19(28)26(2)12-14-6-4-5-7-17(14)20(21,22)23/h4-11H,12H2,1-3H3. The Kier molecular flexibility index (Phi) is 5.58. The van der Waals surface area contributed by atoms with E-state index in [9.17, 15) is 18.0 Å². The summed E-state index contributed by atoms with van der Waals surface area (Å²) in [5.41, 5.74) is 0.484. The maximum Gasteiger partial charge on any atom is 0.416 e. The molecule has 3 aromatic rings. The second-order valence-corrected chi connectivity index (χ2v) is 6.45. The zero-order chi connectivity index (χ0) is 21.2. The number of carbonyl (C=O) groups excluding carboxylic acids is 1. The molecule has 0 fully saturated rings. The first-order chi connectivity index (χ1) is 13.7. The van der Waals surface area contributed by atoms with Crippen LogP contribution in [0.5, 0.6) is 5.75 Å². The summed E-state index contributed by atoms with van der Waals surface area (Å²) in [4.78, 5) is 14.0. The van der Waals surface area contributed by atoms with Crippen LogP contribution in [-0.4, -0.2) is 40.0 Å². The van der Waals surface area contributed by atoms with Crippen molar-refractivity contribution >= 4 is 5.91 Å². The van der Waals surface area contributed by atoms with Crippen LogP contribution in [0.3, 0.4) is 0 Å². The highest BCUT2D eigenvalue weighted by atomic mass is 19.4. The van der Waals surface area contributed by atoms with E-state index < -0.39 is 17.6 Å². The number of ether oxygens (including phenoxy) is 1. The minimum Gasteiger partial charge on any atom is -0.497 e. The Morgan fingerprint density at radius 1 is 1.14 bits per heavy atom. The molecular weight excluding hydrogens is 385 g/mol. The molecule has 1 aromatic heterocycles. The van der Waals surface area contributed by atoms with E-state index in [4.69, 9.17) is 4.74 Å². The predicted octanol–water partition coefficient (Wildman–Crippen LogP) is 3.88. The van der Waals surface area contributed by atoms with Gasteiger partial charge in [0.2, 0.25) is 0 Å². The summed E-state index contributed by atoms with van der Waals surface area (Å²) in [7, 11) is 2.99. The largest absolute Gasteiger partial charge is 0.497 e. The third-order valence-corrected chi connectivity index (χ3v) is 4.49. The van der Waals surface area contributed by atoms with Crippen LogP contribution in [0.1, 0.15) is 27.3 Å². The lowest BCUT2D eigenvalue weighted by atomic mass is 10.1. The maximum absolute atomic E-state index is 13.2. The van der Waals surface area contributed by atoms with Crippen LogP contribution in [0.4, 0.5) is 13.2 Å². The highest BCUT2D eigenvalue weighted by Gasteiger charge is 2.33. The predicted molar refractivity (Wildman–Crippen MR) is 99.9 cm³/mol. The fourth-order valence-electron chi connectivity index (χ4n) is 2.94. The van der Waals surface area contributed by atoms with E-state index in [0.717, 1.165) is 6.07 Å². The molecule has 1 heterocycles. The molecule has 0 bridgehead atoms. The molecule has 0 aliphatic rings. The Balaban J connectivity index is 1.83. The Bertz CT molecular complexity index is 1010. The SMILES string of the molecule is COc1ccc(-n2nnc(C(=O)N(C)Cc3ccccc3C(F)(F)F)c2C)cc1. The molecule has 2 aromatic carbocycles. The number of rotatable bonds is 5. The van der Waals surface area contributed by atoms with Crippen LogP contribution in [-0.2, 0) is 12.7 Å². The van der Waals surface area contributed by atoms with Crippen molar-refractivity contribution in [1.82, 2.24) is 19.9 Å². The highest BCUT2D eigenvalue weighted by molar-refractivity contribution is 5.93. The molecule has 6 nitrogen and oxygen atoms in total. The van der Waals surface area contributed by atoms with E-state index in [2.05, 4.69) is 10.3 Å². The molecule has 29 heavy (non-hydrogen) atoms. The third-order valence-electron chi connectivity index (χ3n) is 4.49. The first-order valence-electron chi connectivity index (χ1n) is 8.69. The second kappa shape index (κ2) is 7.94. The van der Waals surface area contributed by atoms with Crippen LogP contribution in [0, 0.1) is 6.92 Å². The maximum atomic E-state index is 13.2. The summed E-state index contributed by atoms with van der Waals surface area (Å²) in [6.07, 6.45) is -4.49. The van der Waals surface area contributed by atoms with Gasteiger partial charge in [-0.15, -0.1) is 5.10 Å². The van der Waals surface area contributed by atoms with Crippen molar-refractivity contribution < 1.29 is 22.7 Å². The van der Waals surface area contributed by atoms with Crippen molar-refractivity contribution in [3.63, 3.8) is 0 Å². The van der Waals surface area contributed by atoms with E-state index in [1.807, 2.05) is 0 Å². The average molecular weight is 404 g/mol. The third kappa shape index (κ3) is 4.23. The van der Waals surface area contributed by atoms with Crippen LogP contribution < -0.4 is 4.74 Å². The van der Waals surface area contributed by atoms with Crippen LogP contribution >= 0.6 is 0 Å². The van der Waals surface area contributed by atoms with Crippen molar-refractivity contribution in [2.24, 2.45) is 0 Å². The molecule has 0 aliphatic heterocycles. The molecule has 0 N–H and O–H groups in total. The Morgan fingerprint density at radius 2 is 1.79 bits per heavy atom. The van der Waals surface area contributed by atoms with Gasteiger partial charge in [0.05, 0.1) is 24.1 Å². The molecule has 0 aliphatic carbocycles. The van der Waals surface area contributed by atoms with E-state index in [-0.39, 0.29) is 17.8 Å². The normalized spacial score (nSPS) is 11.4. The number of halogens is 3. The first kappa shape index (κ1) is 20.4. The van der Waals surface area contributed by atoms with Gasteiger partial charge in [0.25, 0.3) is 5.91 Å². The van der Waals surface area contributed by atoms with Crippen molar-refractivity contribution in [2.45, 2.75) is 19.6 Å². The Morgan fingerprint density at radius 3 is 2.41 bits per heavy atom. The number of carbonyl (C=O) groups is 1. The number of aromatic nitrogens is 3. The van der Waals surface area contributed by atoms with Gasteiger partial charge in [-0.05, 0) is 42.8 Å². The summed E-state index contributed by atoms with van der Waals surface area (Å²) >= 11 is 0. The molecular formula is C20H19F3N4O2. The molecule has 0 spiro atoms. The summed E-state index contributed by atoms with van der Waals surface area (Å²) in [6.45, 7) is 1.47. The molecule has 9 heteroatoms. The Labute approximate surface area is 165 Å². The van der Waals surface area contributed by atoms with Gasteiger partial charge >= 0.3 is 6.18 Å². The number of methoxy groups -OCH3 is 1. The summed E-state index contributed by atoms with van der Waals surface area (Å²) in [5, 5.41) is 7.94. The van der Waals surface area contributed by atoms with Crippen LogP contribution in [0.2, 0.25) is 0 Å². The molecule has 0 radical (unpaired) electrons. The monoisotopic (exact) mass is 404 g/mol. The van der Waals surface area contributed by atoms with E-state index in [1.165, 1.54) is 34.8 Å². The van der Waals surface area contributed by atoms with Gasteiger partial charge in [-0.2, -0.15) is 13.2 Å². The molecule has 0 atom stereocenters. The highest BCUT2D eigenvalue weighted by Crippen LogP contribution is 2.32. The molecule has 0 unspecified atom stereocenters. The number of amides is 1. The van der Waals surface area contributed by atoms with Gasteiger partial charge in [-0.1, -0.05) is 23.4 Å². The van der Waals surface area contributed by atoms with E-state index in [0.29, 0.717) is 17.1 Å². The smallest absolute Gasteiger partial charge is 0.416 e. The van der Waals surface area contributed by atoms with E-state index >= 15 is 0 Å². The lowest BCUT2D eigenvalue weighted by Crippen LogP contribution is -2.28. The van der Waals surface area contributed by atoms with Gasteiger partial charge in [0.1, 0.15) is 5.75 Å². The molecule has 3 rings (SSSR count). The topological polar surface area (TPSA) is 60.2 Å². The first-order valence-corrected chi connectivity index (χ1v) is 8.69. The van der Waals surface area contributed by atoms with Crippen molar-refractivity contribution in [3.8, 4) is 11.4 Å². The second-order valence-electron chi connectivity index (χ2n) is 6.45. The fourth-order valence-corrected chi connectivity index (χ4v) is 2.94. The lowest BCUT2D eigenvalue weighted by molar-refractivity contribution is -0.138. The number of hydrogen-bond donors (Lipinski definition) is 0. The lowest BCUT2D eigenvalue weighted by Gasteiger charge is -2.19. The molecule has 0 saturated carbocycles. The summed E-state index contributed by atoms with van der Waals surface area (Å²) in [6, 6.07) is 12.2. The zero-order valence-electron chi connectivity index (χ0n) is 16.1. The minimum absolute atomic E-state index is 0.0102. The van der Waals surface area contributed by atoms with Crippen molar-refractivity contribution in [3.05, 3.63) is 71.0 Å². The molecule has 1 amide bonds. The number of nitrogens with zero attached hydrogens (tertiary/aromatic N) is 4. The van der Waals surface area contributed by atoms with E-state index in [1.54, 1.807) is 38.3 Å². The minimum atomic E-state index is -4.49. The van der Waals surface area contributed by atoms with Gasteiger partial charge < -0.3 is 9.64 Å². The van der Waals surface area contributed by atoms with Crippen molar-refractivity contribution in [1.29, 1.82) is 0 Å². The van der Waals surface area contributed by atoms with Crippen molar-refractivity contribution in [2.75, 3.05) is 14.2 Å². The van der Waals surface area contributed by atoms with Gasteiger partial charge in [0.15, 0.2) is 5.69 Å². The van der Waals surface area contributed by atoms with Crippen LogP contribution in [0.15, 0.2) is 48.5 Å². The van der Waals surface area contributed by atoms with Gasteiger partial charge in [0, 0.05) is 13.6 Å². The quantitative estimate of drug-likeness (QED) is 0.648. The summed E-state index contributed by atoms with van der Waals surface area (Å²) < 4.78 is 46.2. The summed E-state index contributed by atoms with van der Waals surface area (Å²) in [5.74, 6) is 0.158. The van der Waals surface area contributed by atoms with Gasteiger partial charge in [-0.25, -0.2) is 4.68 Å². The van der Waals surface area contributed by atoms with Crippen LogP contribution in [0.25, 0.3) is 5.69 Å². The Hall–Kier alpha value is -3.36. The molecule has 0 saturated heterocycles. The van der Waals surface area contributed by atoms with Gasteiger partial charge in [-0.3, -0.25) is 4.79 Å². The molecule has 152 valence electrons. The number of benzene rings is 2. The number of hydrogen-bond acceptors (Lipinski definition) is 4. The number of alkyl halides is 3. The fraction of sp³-hybridized carbons (Fsp3) is 0.250.